The Hall–Kier alpha value is -2.86. The van der Waals surface area contributed by atoms with Crippen molar-refractivity contribution in [1.82, 2.24) is 4.98 Å². The van der Waals surface area contributed by atoms with Crippen molar-refractivity contribution < 1.29 is 8.42 Å². The lowest BCUT2D eigenvalue weighted by atomic mass is 10.1. The molecule has 0 saturated carbocycles. The van der Waals surface area contributed by atoms with E-state index in [1.807, 2.05) is 32.0 Å². The number of nitrogens with one attached hydrogen (secondary N) is 2. The molecule has 0 saturated heterocycles. The van der Waals surface area contributed by atoms with E-state index in [-0.39, 0.29) is 4.90 Å². The summed E-state index contributed by atoms with van der Waals surface area (Å²) in [7, 11) is -3.66. The Morgan fingerprint density at radius 2 is 1.67 bits per heavy atom. The quantitative estimate of drug-likeness (QED) is 0.662. The van der Waals surface area contributed by atoms with E-state index in [0.29, 0.717) is 17.1 Å². The van der Waals surface area contributed by atoms with Crippen LogP contribution in [0.3, 0.4) is 0 Å². The summed E-state index contributed by atoms with van der Waals surface area (Å²) in [4.78, 5) is 4.59. The normalized spacial score (nSPS) is 11.3. The zero-order valence-electron chi connectivity index (χ0n) is 15.9. The van der Waals surface area contributed by atoms with Crippen molar-refractivity contribution in [3.63, 3.8) is 0 Å². The number of hydrogen-bond acceptors (Lipinski definition) is 4. The van der Waals surface area contributed by atoms with Crippen LogP contribution in [0.15, 0.2) is 59.6 Å². The van der Waals surface area contributed by atoms with Gasteiger partial charge in [0.25, 0.3) is 10.0 Å². The van der Waals surface area contributed by atoms with E-state index in [2.05, 4.69) is 28.0 Å². The molecule has 1 heterocycles. The largest absolute Gasteiger partial charge is 0.340 e. The van der Waals surface area contributed by atoms with Crippen molar-refractivity contribution in [2.24, 2.45) is 0 Å². The van der Waals surface area contributed by atoms with Gasteiger partial charge >= 0.3 is 0 Å². The monoisotopic (exact) mass is 381 g/mol. The van der Waals surface area contributed by atoms with Crippen LogP contribution in [-0.2, 0) is 10.0 Å². The summed E-state index contributed by atoms with van der Waals surface area (Å²) >= 11 is 0. The molecule has 0 aliphatic carbocycles. The van der Waals surface area contributed by atoms with E-state index in [9.17, 15) is 8.42 Å². The molecule has 0 radical (unpaired) electrons. The van der Waals surface area contributed by atoms with Crippen LogP contribution in [0.2, 0.25) is 0 Å². The van der Waals surface area contributed by atoms with Crippen LogP contribution in [0, 0.1) is 27.7 Å². The second-order valence-corrected chi connectivity index (χ2v) is 8.33. The van der Waals surface area contributed by atoms with Gasteiger partial charge in [0.1, 0.15) is 5.82 Å². The van der Waals surface area contributed by atoms with E-state index in [0.717, 1.165) is 16.8 Å². The molecule has 0 aliphatic rings. The number of aryl methyl sites for hydroxylation is 3. The second kappa shape index (κ2) is 7.40. The van der Waals surface area contributed by atoms with Gasteiger partial charge in [0.15, 0.2) is 0 Å². The molecule has 3 aromatic rings. The van der Waals surface area contributed by atoms with Gasteiger partial charge in [0.2, 0.25) is 0 Å². The number of rotatable bonds is 5. The van der Waals surface area contributed by atoms with Crippen molar-refractivity contribution in [1.29, 1.82) is 0 Å². The van der Waals surface area contributed by atoms with Gasteiger partial charge in [-0.05, 0) is 68.7 Å². The zero-order valence-corrected chi connectivity index (χ0v) is 16.7. The lowest BCUT2D eigenvalue weighted by Crippen LogP contribution is -2.14. The topological polar surface area (TPSA) is 71.1 Å². The van der Waals surface area contributed by atoms with Crippen LogP contribution in [-0.4, -0.2) is 13.4 Å². The van der Waals surface area contributed by atoms with Gasteiger partial charge in [-0.3, -0.25) is 4.72 Å². The van der Waals surface area contributed by atoms with E-state index < -0.39 is 10.0 Å². The molecule has 0 amide bonds. The molecule has 0 atom stereocenters. The summed E-state index contributed by atoms with van der Waals surface area (Å²) in [5.41, 5.74) is 5.48. The minimum Gasteiger partial charge on any atom is -0.340 e. The lowest BCUT2D eigenvalue weighted by molar-refractivity contribution is 0.600. The minimum atomic E-state index is -3.66. The number of sulfonamides is 1. The Kier molecular flexibility index (Phi) is 5.19. The van der Waals surface area contributed by atoms with Crippen molar-refractivity contribution in [2.75, 3.05) is 10.0 Å². The molecular formula is C21H23N3O2S. The van der Waals surface area contributed by atoms with Gasteiger partial charge in [-0.25, -0.2) is 13.4 Å². The summed E-state index contributed by atoms with van der Waals surface area (Å²) in [6.45, 7) is 7.82. The highest BCUT2D eigenvalue weighted by Gasteiger charge is 2.17. The maximum Gasteiger partial charge on any atom is 0.262 e. The first-order valence-corrected chi connectivity index (χ1v) is 10.1. The molecule has 1 aromatic heterocycles. The van der Waals surface area contributed by atoms with Gasteiger partial charge in [-0.15, -0.1) is 0 Å². The Morgan fingerprint density at radius 1 is 0.889 bits per heavy atom. The van der Waals surface area contributed by atoms with Crippen molar-refractivity contribution in [3.05, 3.63) is 77.0 Å². The van der Waals surface area contributed by atoms with Gasteiger partial charge in [-0.1, -0.05) is 29.8 Å². The van der Waals surface area contributed by atoms with Crippen LogP contribution in [0.5, 0.6) is 0 Å². The molecule has 2 N–H and O–H groups in total. The summed E-state index contributed by atoms with van der Waals surface area (Å²) in [6.07, 6.45) is 1.51. The van der Waals surface area contributed by atoms with Gasteiger partial charge in [0, 0.05) is 5.69 Å². The number of pyridine rings is 1. The Balaban J connectivity index is 1.78. The van der Waals surface area contributed by atoms with Crippen LogP contribution in [0.1, 0.15) is 22.3 Å². The second-order valence-electron chi connectivity index (χ2n) is 6.68. The zero-order chi connectivity index (χ0) is 19.6. The molecule has 0 aliphatic heterocycles. The first-order valence-electron chi connectivity index (χ1n) is 8.65. The van der Waals surface area contributed by atoms with E-state index in [1.165, 1.54) is 11.8 Å². The summed E-state index contributed by atoms with van der Waals surface area (Å²) < 4.78 is 27.9. The molecule has 0 unspecified atom stereocenters. The number of benzene rings is 2. The number of hydrogen-bond donors (Lipinski definition) is 2. The Labute approximate surface area is 160 Å². The van der Waals surface area contributed by atoms with E-state index >= 15 is 0 Å². The third kappa shape index (κ3) is 4.28. The fourth-order valence-electron chi connectivity index (χ4n) is 2.86. The molecule has 6 heteroatoms. The molecule has 5 nitrogen and oxygen atoms in total. The molecular weight excluding hydrogens is 358 g/mol. The third-order valence-electron chi connectivity index (χ3n) is 4.50. The number of anilines is 3. The van der Waals surface area contributed by atoms with Crippen molar-refractivity contribution in [3.8, 4) is 0 Å². The average Bonchev–Trinajstić information content (AvgIpc) is 2.60. The number of nitrogens with zero attached hydrogens (tertiary/aromatic N) is 1. The maximum atomic E-state index is 12.6. The van der Waals surface area contributed by atoms with Crippen LogP contribution < -0.4 is 10.0 Å². The first kappa shape index (κ1) is 18.9. The fourth-order valence-corrected chi connectivity index (χ4v) is 4.13. The third-order valence-corrected chi connectivity index (χ3v) is 6.04. The summed E-state index contributed by atoms with van der Waals surface area (Å²) in [6, 6.07) is 14.7. The standard InChI is InChI=1S/C21H23N3O2S/c1-14-8-10-20(16(3)12-14)27(25,26)24-18-9-11-21(22-13-18)23-19-7-5-6-15(2)17(19)4/h5-13,24H,1-4H3,(H,22,23). The molecule has 0 fully saturated rings. The highest BCUT2D eigenvalue weighted by atomic mass is 32.2. The lowest BCUT2D eigenvalue weighted by Gasteiger charge is -2.13. The summed E-state index contributed by atoms with van der Waals surface area (Å²) in [5.74, 6) is 0.651. The molecule has 140 valence electrons. The molecule has 0 bridgehead atoms. The Bertz CT molecular complexity index is 1080. The van der Waals surface area contributed by atoms with Gasteiger partial charge < -0.3 is 5.32 Å². The highest BCUT2D eigenvalue weighted by Crippen LogP contribution is 2.24. The van der Waals surface area contributed by atoms with E-state index in [4.69, 9.17) is 0 Å². The predicted octanol–water partition coefficient (Wildman–Crippen LogP) is 4.86. The molecule has 2 aromatic carbocycles. The van der Waals surface area contributed by atoms with Crippen LogP contribution in [0.25, 0.3) is 0 Å². The van der Waals surface area contributed by atoms with Gasteiger partial charge in [-0.2, -0.15) is 0 Å². The average molecular weight is 382 g/mol. The smallest absolute Gasteiger partial charge is 0.262 e. The maximum absolute atomic E-state index is 12.6. The molecule has 27 heavy (non-hydrogen) atoms. The predicted molar refractivity (Wildman–Crippen MR) is 110 cm³/mol. The minimum absolute atomic E-state index is 0.269. The van der Waals surface area contributed by atoms with Crippen molar-refractivity contribution in [2.45, 2.75) is 32.6 Å². The number of aromatic nitrogens is 1. The van der Waals surface area contributed by atoms with Crippen molar-refractivity contribution >= 4 is 27.2 Å². The molecule has 3 rings (SSSR count). The highest BCUT2D eigenvalue weighted by molar-refractivity contribution is 7.92. The fraction of sp³-hybridized carbons (Fsp3) is 0.190. The van der Waals surface area contributed by atoms with Crippen LogP contribution in [0.4, 0.5) is 17.2 Å². The van der Waals surface area contributed by atoms with E-state index in [1.54, 1.807) is 31.2 Å². The first-order chi connectivity index (χ1) is 12.8. The molecule has 0 spiro atoms. The summed E-state index contributed by atoms with van der Waals surface area (Å²) in [5, 5.41) is 3.26. The Morgan fingerprint density at radius 3 is 2.33 bits per heavy atom. The SMILES string of the molecule is Cc1ccc(S(=O)(=O)Nc2ccc(Nc3cccc(C)c3C)nc2)c(C)c1. The van der Waals surface area contributed by atoms with Crippen LogP contribution >= 0.6 is 0 Å². The van der Waals surface area contributed by atoms with Gasteiger partial charge in [0.05, 0.1) is 16.8 Å².